The summed E-state index contributed by atoms with van der Waals surface area (Å²) in [6, 6.07) is 0. The molecule has 0 aliphatic carbocycles. The lowest BCUT2D eigenvalue weighted by molar-refractivity contribution is 0.0582. The number of rotatable bonds is 9. The first-order valence-corrected chi connectivity index (χ1v) is 6.05. The SMILES string of the molecule is CCCCCCCC(CO)C(O)CC. The maximum atomic E-state index is 9.56. The van der Waals surface area contributed by atoms with Gasteiger partial charge in [0.15, 0.2) is 0 Å². The molecule has 0 aliphatic heterocycles. The molecule has 0 saturated heterocycles. The van der Waals surface area contributed by atoms with E-state index in [2.05, 4.69) is 6.92 Å². The van der Waals surface area contributed by atoms with Gasteiger partial charge in [-0.3, -0.25) is 0 Å². The van der Waals surface area contributed by atoms with Crippen LogP contribution in [-0.2, 0) is 0 Å². The highest BCUT2D eigenvalue weighted by atomic mass is 16.3. The molecule has 0 bridgehead atoms. The molecule has 2 N–H and O–H groups in total. The third-order valence-electron chi connectivity index (χ3n) is 2.88. The minimum Gasteiger partial charge on any atom is -0.396 e. The maximum Gasteiger partial charge on any atom is 0.0587 e. The molecular formula is C12H26O2. The molecule has 14 heavy (non-hydrogen) atoms. The second kappa shape index (κ2) is 9.47. The summed E-state index contributed by atoms with van der Waals surface area (Å²) < 4.78 is 0. The molecule has 0 amide bonds. The van der Waals surface area contributed by atoms with Crippen LogP contribution in [0.3, 0.4) is 0 Å². The van der Waals surface area contributed by atoms with Gasteiger partial charge in [0.05, 0.1) is 6.10 Å². The van der Waals surface area contributed by atoms with Crippen LogP contribution in [0.5, 0.6) is 0 Å². The van der Waals surface area contributed by atoms with Crippen molar-refractivity contribution in [2.75, 3.05) is 6.61 Å². The Kier molecular flexibility index (Phi) is 9.42. The van der Waals surface area contributed by atoms with E-state index in [1.54, 1.807) is 0 Å². The van der Waals surface area contributed by atoms with Gasteiger partial charge in [-0.2, -0.15) is 0 Å². The molecule has 2 nitrogen and oxygen atoms in total. The van der Waals surface area contributed by atoms with Crippen molar-refractivity contribution >= 4 is 0 Å². The molecule has 86 valence electrons. The minimum atomic E-state index is -0.314. The largest absolute Gasteiger partial charge is 0.396 e. The van der Waals surface area contributed by atoms with Gasteiger partial charge in [-0.15, -0.1) is 0 Å². The Balaban J connectivity index is 3.42. The molecular weight excluding hydrogens is 176 g/mol. The van der Waals surface area contributed by atoms with Crippen molar-refractivity contribution in [3.05, 3.63) is 0 Å². The van der Waals surface area contributed by atoms with Crippen LogP contribution in [0.15, 0.2) is 0 Å². The van der Waals surface area contributed by atoms with E-state index in [1.165, 1.54) is 25.7 Å². The van der Waals surface area contributed by atoms with Gasteiger partial charge in [0.1, 0.15) is 0 Å². The molecule has 0 aromatic carbocycles. The highest BCUT2D eigenvalue weighted by Crippen LogP contribution is 2.16. The lowest BCUT2D eigenvalue weighted by Crippen LogP contribution is -2.22. The third-order valence-corrected chi connectivity index (χ3v) is 2.88. The second-order valence-electron chi connectivity index (χ2n) is 4.12. The molecule has 2 unspecified atom stereocenters. The molecule has 0 saturated carbocycles. The summed E-state index contributed by atoms with van der Waals surface area (Å²) in [4.78, 5) is 0. The van der Waals surface area contributed by atoms with Crippen molar-refractivity contribution in [3.8, 4) is 0 Å². The Bertz CT molecular complexity index is 115. The van der Waals surface area contributed by atoms with Crippen LogP contribution in [0.4, 0.5) is 0 Å². The quantitative estimate of drug-likeness (QED) is 0.564. The molecule has 2 heteroatoms. The van der Waals surface area contributed by atoms with Crippen molar-refractivity contribution in [1.29, 1.82) is 0 Å². The monoisotopic (exact) mass is 202 g/mol. The van der Waals surface area contributed by atoms with Crippen LogP contribution in [0.2, 0.25) is 0 Å². The number of hydrogen-bond donors (Lipinski definition) is 2. The molecule has 0 spiro atoms. The summed E-state index contributed by atoms with van der Waals surface area (Å²) in [5, 5.41) is 18.6. The van der Waals surface area contributed by atoms with E-state index in [9.17, 15) is 5.11 Å². The van der Waals surface area contributed by atoms with Gasteiger partial charge >= 0.3 is 0 Å². The molecule has 0 aromatic rings. The van der Waals surface area contributed by atoms with Crippen LogP contribution >= 0.6 is 0 Å². The first-order valence-electron chi connectivity index (χ1n) is 6.05. The first kappa shape index (κ1) is 13.9. The Morgan fingerprint density at radius 3 is 2.14 bits per heavy atom. The fraction of sp³-hybridized carbons (Fsp3) is 1.00. The standard InChI is InChI=1S/C12H26O2/c1-3-5-6-7-8-9-11(10-13)12(14)4-2/h11-14H,3-10H2,1-2H3. The highest BCUT2D eigenvalue weighted by Gasteiger charge is 2.15. The zero-order chi connectivity index (χ0) is 10.8. The normalized spacial score (nSPS) is 15.4. The summed E-state index contributed by atoms with van der Waals surface area (Å²) in [7, 11) is 0. The van der Waals surface area contributed by atoms with Crippen LogP contribution < -0.4 is 0 Å². The first-order chi connectivity index (χ1) is 6.76. The van der Waals surface area contributed by atoms with Gasteiger partial charge in [0.2, 0.25) is 0 Å². The van der Waals surface area contributed by atoms with E-state index < -0.39 is 0 Å². The number of aliphatic hydroxyl groups is 2. The highest BCUT2D eigenvalue weighted by molar-refractivity contribution is 4.66. The fourth-order valence-electron chi connectivity index (χ4n) is 1.75. The zero-order valence-corrected chi connectivity index (χ0v) is 9.71. The Morgan fingerprint density at radius 2 is 1.64 bits per heavy atom. The van der Waals surface area contributed by atoms with Crippen LogP contribution in [0.25, 0.3) is 0 Å². The van der Waals surface area contributed by atoms with Crippen LogP contribution in [0, 0.1) is 5.92 Å². The Morgan fingerprint density at radius 1 is 1.00 bits per heavy atom. The molecule has 0 aliphatic rings. The Hall–Kier alpha value is -0.0800. The van der Waals surface area contributed by atoms with Gasteiger partial charge in [-0.05, 0) is 12.8 Å². The summed E-state index contributed by atoms with van der Waals surface area (Å²) in [6.07, 6.45) is 7.64. The number of aliphatic hydroxyl groups excluding tert-OH is 2. The fourth-order valence-corrected chi connectivity index (χ4v) is 1.75. The van der Waals surface area contributed by atoms with Gasteiger partial charge < -0.3 is 10.2 Å². The minimum absolute atomic E-state index is 0.0987. The average Bonchev–Trinajstić information content (AvgIpc) is 2.22. The van der Waals surface area contributed by atoms with E-state index in [1.807, 2.05) is 6.92 Å². The van der Waals surface area contributed by atoms with E-state index >= 15 is 0 Å². The second-order valence-corrected chi connectivity index (χ2v) is 4.12. The maximum absolute atomic E-state index is 9.56. The average molecular weight is 202 g/mol. The molecule has 0 fully saturated rings. The topological polar surface area (TPSA) is 40.5 Å². The smallest absolute Gasteiger partial charge is 0.0587 e. The summed E-state index contributed by atoms with van der Waals surface area (Å²) in [5.74, 6) is 0.0987. The zero-order valence-electron chi connectivity index (χ0n) is 9.71. The van der Waals surface area contributed by atoms with Crippen molar-refractivity contribution in [1.82, 2.24) is 0 Å². The predicted molar refractivity (Wildman–Crippen MR) is 60.2 cm³/mol. The van der Waals surface area contributed by atoms with Crippen molar-refractivity contribution in [2.45, 2.75) is 64.9 Å². The third kappa shape index (κ3) is 6.39. The molecule has 0 heterocycles. The Labute approximate surface area is 88.3 Å². The van der Waals surface area contributed by atoms with E-state index in [0.29, 0.717) is 0 Å². The van der Waals surface area contributed by atoms with Crippen molar-refractivity contribution < 1.29 is 10.2 Å². The van der Waals surface area contributed by atoms with Gasteiger partial charge in [0, 0.05) is 12.5 Å². The summed E-state index contributed by atoms with van der Waals surface area (Å²) >= 11 is 0. The van der Waals surface area contributed by atoms with Gasteiger partial charge in [-0.1, -0.05) is 46.0 Å². The number of hydrogen-bond acceptors (Lipinski definition) is 2. The van der Waals surface area contributed by atoms with E-state index in [0.717, 1.165) is 19.3 Å². The lowest BCUT2D eigenvalue weighted by Gasteiger charge is -2.19. The van der Waals surface area contributed by atoms with Crippen molar-refractivity contribution in [2.24, 2.45) is 5.92 Å². The van der Waals surface area contributed by atoms with Gasteiger partial charge in [-0.25, -0.2) is 0 Å². The van der Waals surface area contributed by atoms with E-state index in [-0.39, 0.29) is 18.6 Å². The van der Waals surface area contributed by atoms with Crippen LogP contribution in [0.1, 0.15) is 58.8 Å². The van der Waals surface area contributed by atoms with E-state index in [4.69, 9.17) is 5.11 Å². The molecule has 0 radical (unpaired) electrons. The molecule has 2 atom stereocenters. The summed E-state index contributed by atoms with van der Waals surface area (Å²) in [5.41, 5.74) is 0. The van der Waals surface area contributed by atoms with Crippen LogP contribution in [-0.4, -0.2) is 22.9 Å². The molecule has 0 rings (SSSR count). The molecule has 0 aromatic heterocycles. The summed E-state index contributed by atoms with van der Waals surface area (Å²) in [6.45, 7) is 4.30. The lowest BCUT2D eigenvalue weighted by atomic mass is 9.94. The predicted octanol–water partition coefficient (Wildman–Crippen LogP) is 2.73. The van der Waals surface area contributed by atoms with Gasteiger partial charge in [0.25, 0.3) is 0 Å². The van der Waals surface area contributed by atoms with Crippen molar-refractivity contribution in [3.63, 3.8) is 0 Å². The number of unbranched alkanes of at least 4 members (excludes halogenated alkanes) is 4.